The van der Waals surface area contributed by atoms with E-state index >= 15 is 0 Å². The maximum Gasteiger partial charge on any atom is 0.0117 e. The van der Waals surface area contributed by atoms with Gasteiger partial charge in [0.05, 0.1) is 0 Å². The van der Waals surface area contributed by atoms with Crippen LogP contribution in [0.4, 0.5) is 0 Å². The largest absolute Gasteiger partial charge is 0.309 e. The van der Waals surface area contributed by atoms with Crippen molar-refractivity contribution in [1.29, 1.82) is 0 Å². The smallest absolute Gasteiger partial charge is 0.0117 e. The van der Waals surface area contributed by atoms with E-state index < -0.39 is 0 Å². The molecule has 0 atom stereocenters. The third-order valence-electron chi connectivity index (χ3n) is 1.90. The molecular weight excluding hydrogens is 338 g/mol. The summed E-state index contributed by atoms with van der Waals surface area (Å²) in [6, 6.07) is 11.1. The first-order valence-electron chi connectivity index (χ1n) is 4.15. The Kier molecular flexibility index (Phi) is 4.07. The molecule has 0 saturated heterocycles. The standard InChI is InChI=1S/C11H10N.Ir/c1-2-6-10(7-3-1)11-8-4-5-9-12-11;/h1-3,5-6,9H,4,8H2;/q-1;. The van der Waals surface area contributed by atoms with Gasteiger partial charge in [-0.25, -0.2) is 0 Å². The number of allylic oxidation sites excluding steroid dienone is 1. The molecule has 0 aromatic heterocycles. The van der Waals surface area contributed by atoms with Crippen LogP contribution in [0, 0.1) is 6.07 Å². The number of hydrogen-bond donors (Lipinski definition) is 0. The van der Waals surface area contributed by atoms with E-state index in [2.05, 4.69) is 23.2 Å². The molecule has 13 heavy (non-hydrogen) atoms. The van der Waals surface area contributed by atoms with Crippen LogP contribution in [0.2, 0.25) is 0 Å². The van der Waals surface area contributed by atoms with Gasteiger partial charge < -0.3 is 4.99 Å². The maximum absolute atomic E-state index is 4.30. The number of rotatable bonds is 1. The van der Waals surface area contributed by atoms with Crippen LogP contribution in [0.1, 0.15) is 18.4 Å². The van der Waals surface area contributed by atoms with Crippen molar-refractivity contribution in [2.24, 2.45) is 4.99 Å². The van der Waals surface area contributed by atoms with Gasteiger partial charge in [-0.15, -0.1) is 35.9 Å². The van der Waals surface area contributed by atoms with Gasteiger partial charge in [0.15, 0.2) is 0 Å². The molecule has 0 amide bonds. The van der Waals surface area contributed by atoms with Crippen molar-refractivity contribution in [3.05, 3.63) is 48.2 Å². The topological polar surface area (TPSA) is 12.4 Å². The van der Waals surface area contributed by atoms with Crippen molar-refractivity contribution < 1.29 is 20.1 Å². The molecule has 1 heterocycles. The van der Waals surface area contributed by atoms with E-state index in [9.17, 15) is 0 Å². The predicted molar refractivity (Wildman–Crippen MR) is 50.2 cm³/mol. The van der Waals surface area contributed by atoms with Gasteiger partial charge in [0.2, 0.25) is 0 Å². The summed E-state index contributed by atoms with van der Waals surface area (Å²) in [6.07, 6.45) is 6.10. The molecule has 69 valence electrons. The number of hydrogen-bond acceptors (Lipinski definition) is 1. The summed E-state index contributed by atoms with van der Waals surface area (Å²) >= 11 is 0. The van der Waals surface area contributed by atoms with Gasteiger partial charge in [0, 0.05) is 26.3 Å². The molecule has 1 aliphatic heterocycles. The second kappa shape index (κ2) is 5.11. The summed E-state index contributed by atoms with van der Waals surface area (Å²) in [7, 11) is 0. The minimum absolute atomic E-state index is 0. The van der Waals surface area contributed by atoms with Gasteiger partial charge in [-0.1, -0.05) is 6.08 Å². The molecule has 0 fully saturated rings. The molecule has 0 bridgehead atoms. The minimum Gasteiger partial charge on any atom is -0.309 e. The molecule has 0 aliphatic carbocycles. The monoisotopic (exact) mass is 349 g/mol. The summed E-state index contributed by atoms with van der Waals surface area (Å²) in [5.74, 6) is 0. The molecule has 1 radical (unpaired) electrons. The van der Waals surface area contributed by atoms with Gasteiger partial charge in [-0.3, -0.25) is 0 Å². The average molecular weight is 348 g/mol. The number of benzene rings is 1. The van der Waals surface area contributed by atoms with Crippen LogP contribution in [0.15, 0.2) is 41.5 Å². The summed E-state index contributed by atoms with van der Waals surface area (Å²) < 4.78 is 0. The van der Waals surface area contributed by atoms with Crippen LogP contribution in [-0.4, -0.2) is 5.71 Å². The molecular formula is C11H10IrN-. The molecule has 1 aromatic carbocycles. The zero-order valence-corrected chi connectivity index (χ0v) is 9.55. The van der Waals surface area contributed by atoms with Gasteiger partial charge in [0.25, 0.3) is 0 Å². The van der Waals surface area contributed by atoms with E-state index in [-0.39, 0.29) is 20.1 Å². The quantitative estimate of drug-likeness (QED) is 0.692. The van der Waals surface area contributed by atoms with Crippen molar-refractivity contribution in [1.82, 2.24) is 0 Å². The fourth-order valence-electron chi connectivity index (χ4n) is 1.28. The predicted octanol–water partition coefficient (Wildman–Crippen LogP) is 2.58. The summed E-state index contributed by atoms with van der Waals surface area (Å²) in [4.78, 5) is 4.30. The van der Waals surface area contributed by atoms with Gasteiger partial charge in [-0.2, -0.15) is 0 Å². The fraction of sp³-hybridized carbons (Fsp3) is 0.182. The SMILES string of the molecule is [Ir].[c-]1ccccc1C1=NC=CCC1. The van der Waals surface area contributed by atoms with Crippen LogP contribution in [-0.2, 0) is 20.1 Å². The van der Waals surface area contributed by atoms with E-state index in [1.54, 1.807) is 0 Å². The van der Waals surface area contributed by atoms with Gasteiger partial charge in [0.1, 0.15) is 0 Å². The summed E-state index contributed by atoms with van der Waals surface area (Å²) in [6.45, 7) is 0. The molecule has 0 N–H and O–H groups in total. The number of nitrogens with zero attached hydrogens (tertiary/aromatic N) is 1. The molecule has 1 nitrogen and oxygen atoms in total. The van der Waals surface area contributed by atoms with E-state index in [1.807, 2.05) is 24.4 Å². The molecule has 0 saturated carbocycles. The maximum atomic E-state index is 4.30. The van der Waals surface area contributed by atoms with Crippen LogP contribution in [0.3, 0.4) is 0 Å². The Labute approximate surface area is 91.9 Å². The molecule has 0 spiro atoms. The minimum atomic E-state index is 0. The van der Waals surface area contributed by atoms with E-state index in [4.69, 9.17) is 0 Å². The average Bonchev–Trinajstić information content (AvgIpc) is 2.21. The Morgan fingerprint density at radius 2 is 2.23 bits per heavy atom. The first kappa shape index (κ1) is 10.4. The fourth-order valence-corrected chi connectivity index (χ4v) is 1.28. The van der Waals surface area contributed by atoms with Crippen molar-refractivity contribution in [2.45, 2.75) is 12.8 Å². The Bertz CT molecular complexity index is 314. The first-order valence-corrected chi connectivity index (χ1v) is 4.15. The number of aliphatic imine (C=N–C) groups is 1. The Hall–Kier alpha value is -0.721. The van der Waals surface area contributed by atoms with E-state index in [1.165, 1.54) is 0 Å². The summed E-state index contributed by atoms with van der Waals surface area (Å²) in [5.41, 5.74) is 2.28. The van der Waals surface area contributed by atoms with Crippen molar-refractivity contribution in [3.8, 4) is 0 Å². The molecule has 0 unspecified atom stereocenters. The second-order valence-electron chi connectivity index (χ2n) is 2.78. The van der Waals surface area contributed by atoms with Crippen LogP contribution >= 0.6 is 0 Å². The Morgan fingerprint density at radius 3 is 2.85 bits per heavy atom. The third-order valence-corrected chi connectivity index (χ3v) is 1.90. The molecule has 2 rings (SSSR count). The van der Waals surface area contributed by atoms with Gasteiger partial charge >= 0.3 is 0 Å². The van der Waals surface area contributed by atoms with Gasteiger partial charge in [-0.05, 0) is 18.6 Å². The third kappa shape index (κ3) is 2.61. The van der Waals surface area contributed by atoms with E-state index in [0.29, 0.717) is 0 Å². The van der Waals surface area contributed by atoms with Crippen molar-refractivity contribution in [2.75, 3.05) is 0 Å². The van der Waals surface area contributed by atoms with Crippen LogP contribution < -0.4 is 0 Å². The summed E-state index contributed by atoms with van der Waals surface area (Å²) in [5, 5.41) is 0. The van der Waals surface area contributed by atoms with Crippen molar-refractivity contribution >= 4 is 5.71 Å². The Morgan fingerprint density at radius 1 is 1.31 bits per heavy atom. The zero-order valence-electron chi connectivity index (χ0n) is 7.16. The molecule has 1 aliphatic rings. The molecule has 1 aromatic rings. The Balaban J connectivity index is 0.000000845. The zero-order chi connectivity index (χ0) is 8.23. The second-order valence-corrected chi connectivity index (χ2v) is 2.78. The van der Waals surface area contributed by atoms with Crippen molar-refractivity contribution in [3.63, 3.8) is 0 Å². The van der Waals surface area contributed by atoms with Crippen LogP contribution in [0.25, 0.3) is 0 Å². The van der Waals surface area contributed by atoms with E-state index in [0.717, 1.165) is 24.1 Å². The van der Waals surface area contributed by atoms with Crippen LogP contribution in [0.5, 0.6) is 0 Å². The first-order chi connectivity index (χ1) is 5.97. The molecule has 2 heteroatoms. The normalized spacial score (nSPS) is 14.6.